The predicted octanol–water partition coefficient (Wildman–Crippen LogP) is 5.35. The van der Waals surface area contributed by atoms with E-state index in [1.165, 1.54) is 0 Å². The van der Waals surface area contributed by atoms with Gasteiger partial charge in [-0.25, -0.2) is 4.98 Å². The van der Waals surface area contributed by atoms with Gasteiger partial charge < -0.3 is 14.5 Å². The van der Waals surface area contributed by atoms with Crippen LogP contribution in [0.5, 0.6) is 5.75 Å². The van der Waals surface area contributed by atoms with Gasteiger partial charge in [-0.1, -0.05) is 11.6 Å². The summed E-state index contributed by atoms with van der Waals surface area (Å²) in [5.41, 5.74) is 4.00. The monoisotopic (exact) mass is 417 g/mol. The number of anilines is 1. The first-order valence-electron chi connectivity index (χ1n) is 9.12. The molecule has 1 aromatic heterocycles. The first-order valence-corrected chi connectivity index (χ1v) is 9.49. The van der Waals surface area contributed by atoms with Crippen LogP contribution in [0.25, 0.3) is 22.6 Å². The number of nitrogens with one attached hydrogen (secondary N) is 1. The number of rotatable bonds is 5. The minimum atomic E-state index is -0.275. The Kier molecular flexibility index (Phi) is 5.38. The molecule has 0 radical (unpaired) electrons. The molecule has 1 N–H and O–H groups in total. The highest BCUT2D eigenvalue weighted by Crippen LogP contribution is 2.26. The van der Waals surface area contributed by atoms with E-state index in [0.29, 0.717) is 39.0 Å². The Balaban J connectivity index is 1.41. The molecule has 0 aliphatic carbocycles. The van der Waals surface area contributed by atoms with E-state index in [0.717, 1.165) is 11.1 Å². The maximum absolute atomic E-state index is 12.2. The molecular weight excluding hydrogens is 402 g/mol. The molecule has 0 atom stereocenters. The number of amides is 1. The summed E-state index contributed by atoms with van der Waals surface area (Å²) in [4.78, 5) is 16.6. The third-order valence-electron chi connectivity index (χ3n) is 4.43. The summed E-state index contributed by atoms with van der Waals surface area (Å²) < 4.78 is 11.3. The lowest BCUT2D eigenvalue weighted by Gasteiger charge is -2.10. The fourth-order valence-corrected chi connectivity index (χ4v) is 3.16. The smallest absolute Gasteiger partial charge is 0.262 e. The van der Waals surface area contributed by atoms with Crippen molar-refractivity contribution >= 4 is 34.3 Å². The number of nitriles is 1. The van der Waals surface area contributed by atoms with Crippen LogP contribution in [0.1, 0.15) is 11.1 Å². The Hall–Kier alpha value is -3.82. The summed E-state index contributed by atoms with van der Waals surface area (Å²) in [5, 5.41) is 12.4. The summed E-state index contributed by atoms with van der Waals surface area (Å²) in [7, 11) is 0. The van der Waals surface area contributed by atoms with Crippen molar-refractivity contribution in [2.24, 2.45) is 0 Å². The molecule has 6 nitrogen and oxygen atoms in total. The summed E-state index contributed by atoms with van der Waals surface area (Å²) in [6.07, 6.45) is 0. The van der Waals surface area contributed by atoms with Crippen LogP contribution in [0.2, 0.25) is 5.02 Å². The molecule has 0 saturated heterocycles. The van der Waals surface area contributed by atoms with E-state index in [2.05, 4.69) is 16.4 Å². The van der Waals surface area contributed by atoms with Crippen LogP contribution in [0.4, 0.5) is 5.69 Å². The van der Waals surface area contributed by atoms with Crippen LogP contribution in [0, 0.1) is 18.3 Å². The van der Waals surface area contributed by atoms with Gasteiger partial charge >= 0.3 is 0 Å². The Bertz CT molecular complexity index is 1270. The molecule has 30 heavy (non-hydrogen) atoms. The molecule has 1 heterocycles. The van der Waals surface area contributed by atoms with E-state index in [4.69, 9.17) is 26.0 Å². The van der Waals surface area contributed by atoms with Crippen LogP contribution in [-0.2, 0) is 4.79 Å². The molecule has 1 amide bonds. The van der Waals surface area contributed by atoms with Crippen molar-refractivity contribution in [1.29, 1.82) is 5.26 Å². The fraction of sp³-hybridized carbons (Fsp3) is 0.0870. The number of carbonyl (C=O) groups excluding carboxylic acids is 1. The van der Waals surface area contributed by atoms with Crippen molar-refractivity contribution in [3.05, 3.63) is 76.8 Å². The number of nitrogens with zero attached hydrogens (tertiary/aromatic N) is 2. The molecule has 0 saturated carbocycles. The minimum Gasteiger partial charge on any atom is -0.483 e. The second kappa shape index (κ2) is 8.27. The number of halogens is 1. The number of hydrogen-bond donors (Lipinski definition) is 1. The summed E-state index contributed by atoms with van der Waals surface area (Å²) in [5.74, 6) is 0.780. The van der Waals surface area contributed by atoms with Crippen LogP contribution >= 0.6 is 11.6 Å². The second-order valence-electron chi connectivity index (χ2n) is 6.64. The van der Waals surface area contributed by atoms with Crippen LogP contribution in [0.3, 0.4) is 0 Å². The molecule has 4 rings (SSSR count). The van der Waals surface area contributed by atoms with Crippen LogP contribution in [0.15, 0.2) is 65.1 Å². The maximum Gasteiger partial charge on any atom is 0.262 e. The van der Waals surface area contributed by atoms with E-state index >= 15 is 0 Å². The molecule has 0 spiro atoms. The molecule has 0 unspecified atom stereocenters. The van der Waals surface area contributed by atoms with E-state index < -0.39 is 0 Å². The Morgan fingerprint density at radius 2 is 1.97 bits per heavy atom. The topological polar surface area (TPSA) is 88.1 Å². The molecular formula is C23H16ClN3O3. The Morgan fingerprint density at radius 3 is 2.70 bits per heavy atom. The van der Waals surface area contributed by atoms with Gasteiger partial charge in [-0.2, -0.15) is 5.26 Å². The Morgan fingerprint density at radius 1 is 1.17 bits per heavy atom. The number of aryl methyl sites for hydroxylation is 1. The zero-order valence-corrected chi connectivity index (χ0v) is 16.7. The van der Waals surface area contributed by atoms with Crippen molar-refractivity contribution < 1.29 is 13.9 Å². The predicted molar refractivity (Wildman–Crippen MR) is 114 cm³/mol. The molecule has 0 aliphatic rings. The molecule has 3 aromatic carbocycles. The van der Waals surface area contributed by atoms with Crippen molar-refractivity contribution in [2.75, 3.05) is 11.9 Å². The van der Waals surface area contributed by atoms with Crippen LogP contribution in [-0.4, -0.2) is 17.5 Å². The number of carbonyl (C=O) groups is 1. The summed E-state index contributed by atoms with van der Waals surface area (Å²) in [6.45, 7) is 1.75. The third kappa shape index (κ3) is 4.27. The average Bonchev–Trinajstić information content (AvgIpc) is 3.17. The zero-order valence-electron chi connectivity index (χ0n) is 16.0. The minimum absolute atomic E-state index is 0.115. The van der Waals surface area contributed by atoms with Gasteiger partial charge in [0.2, 0.25) is 5.89 Å². The molecule has 0 fully saturated rings. The highest BCUT2D eigenvalue weighted by molar-refractivity contribution is 6.30. The maximum atomic E-state index is 12.2. The lowest BCUT2D eigenvalue weighted by Crippen LogP contribution is -2.20. The van der Waals surface area contributed by atoms with Gasteiger partial charge in [-0.3, -0.25) is 4.79 Å². The number of ether oxygens (including phenoxy) is 1. The lowest BCUT2D eigenvalue weighted by atomic mass is 10.2. The van der Waals surface area contributed by atoms with Gasteiger partial charge in [0, 0.05) is 16.3 Å². The van der Waals surface area contributed by atoms with E-state index in [-0.39, 0.29) is 12.5 Å². The fourth-order valence-electron chi connectivity index (χ4n) is 2.93. The summed E-state index contributed by atoms with van der Waals surface area (Å²) in [6, 6.07) is 19.5. The second-order valence-corrected chi connectivity index (χ2v) is 7.07. The van der Waals surface area contributed by atoms with Gasteiger partial charge in [0.05, 0.1) is 11.6 Å². The highest BCUT2D eigenvalue weighted by atomic mass is 35.5. The van der Waals surface area contributed by atoms with Gasteiger partial charge in [-0.05, 0) is 73.2 Å². The molecule has 0 bridgehead atoms. The average molecular weight is 418 g/mol. The van der Waals surface area contributed by atoms with Crippen molar-refractivity contribution in [3.63, 3.8) is 0 Å². The highest BCUT2D eigenvalue weighted by Gasteiger charge is 2.10. The van der Waals surface area contributed by atoms with E-state index in [9.17, 15) is 4.79 Å². The number of aromatic nitrogens is 1. The standard InChI is InChI=1S/C23H16ClN3O3/c1-14-10-17(24)5-9-20(14)29-13-22(28)26-18-6-3-16(4-7-18)23-27-19-11-15(12-25)2-8-21(19)30-23/h2-11H,13H2,1H3,(H,26,28). The summed E-state index contributed by atoms with van der Waals surface area (Å²) >= 11 is 5.92. The number of hydrogen-bond acceptors (Lipinski definition) is 5. The first kappa shape index (κ1) is 19.5. The van der Waals surface area contributed by atoms with Crippen LogP contribution < -0.4 is 10.1 Å². The Labute approximate surface area is 177 Å². The molecule has 4 aromatic rings. The van der Waals surface area contributed by atoms with Gasteiger partial charge in [0.1, 0.15) is 11.3 Å². The van der Waals surface area contributed by atoms with Gasteiger partial charge in [-0.15, -0.1) is 0 Å². The van der Waals surface area contributed by atoms with E-state index in [1.54, 1.807) is 60.7 Å². The normalized spacial score (nSPS) is 10.6. The van der Waals surface area contributed by atoms with Crippen molar-refractivity contribution in [1.82, 2.24) is 4.98 Å². The van der Waals surface area contributed by atoms with Gasteiger partial charge in [0.25, 0.3) is 5.91 Å². The van der Waals surface area contributed by atoms with E-state index in [1.807, 2.05) is 6.92 Å². The van der Waals surface area contributed by atoms with Crippen molar-refractivity contribution in [3.8, 4) is 23.3 Å². The third-order valence-corrected chi connectivity index (χ3v) is 4.66. The largest absolute Gasteiger partial charge is 0.483 e. The van der Waals surface area contributed by atoms with Gasteiger partial charge in [0.15, 0.2) is 12.2 Å². The number of fused-ring (bicyclic) bond motifs is 1. The SMILES string of the molecule is Cc1cc(Cl)ccc1OCC(=O)Nc1ccc(-c2nc3cc(C#N)ccc3o2)cc1. The molecule has 148 valence electrons. The number of oxazole rings is 1. The van der Waals surface area contributed by atoms with Crippen molar-refractivity contribution in [2.45, 2.75) is 6.92 Å². The zero-order chi connectivity index (χ0) is 21.1. The molecule has 7 heteroatoms. The quantitative estimate of drug-likeness (QED) is 0.473. The lowest BCUT2D eigenvalue weighted by molar-refractivity contribution is -0.118. The number of benzene rings is 3. The molecule has 0 aliphatic heterocycles. The first-order chi connectivity index (χ1) is 14.5.